The molecule has 32 heavy (non-hydrogen) atoms. The van der Waals surface area contributed by atoms with Crippen molar-refractivity contribution >= 4 is 37.9 Å². The molecule has 0 amide bonds. The highest BCUT2D eigenvalue weighted by Crippen LogP contribution is 2.31. The lowest BCUT2D eigenvalue weighted by molar-refractivity contribution is 0.421. The number of hydrogen-bond acceptors (Lipinski definition) is 6. The highest BCUT2D eigenvalue weighted by Gasteiger charge is 2.17. The normalized spacial score (nSPS) is 12.0. The Balaban J connectivity index is 1.62. The van der Waals surface area contributed by atoms with Crippen LogP contribution in [0.5, 0.6) is 5.75 Å². The summed E-state index contributed by atoms with van der Waals surface area (Å²) in [5, 5.41) is 2.09. The van der Waals surface area contributed by atoms with Gasteiger partial charge in [0.15, 0.2) is 5.82 Å². The third-order valence-electron chi connectivity index (χ3n) is 5.73. The number of pyridine rings is 2. The fraction of sp³-hybridized carbons (Fsp3) is 0.250. The zero-order valence-corrected chi connectivity index (χ0v) is 19.4. The summed E-state index contributed by atoms with van der Waals surface area (Å²) in [5.41, 5.74) is 12.1. The second-order valence-corrected chi connectivity index (χ2v) is 9.81. The van der Waals surface area contributed by atoms with Gasteiger partial charge in [-0.1, -0.05) is 24.3 Å². The van der Waals surface area contributed by atoms with Crippen molar-refractivity contribution < 1.29 is 12.6 Å². The monoisotopic (exact) mass is 450 g/mol. The van der Waals surface area contributed by atoms with E-state index < -0.39 is 10.3 Å². The standard InChI is InChI=1S/C24H26N4O3S/c1-15-13-19(31-32(29,30)28(3)4)12-11-17(15)9-10-18-14-26-23-22(16(18)2)20-7-5-6-8-21(20)27-24(23)25/h5-8,11-14H,9-10H2,1-4H3,(H2,25,27). The Morgan fingerprint density at radius 1 is 1.03 bits per heavy atom. The molecule has 4 rings (SSSR count). The van der Waals surface area contributed by atoms with Crippen molar-refractivity contribution in [3.8, 4) is 5.75 Å². The van der Waals surface area contributed by atoms with Gasteiger partial charge in [0.2, 0.25) is 0 Å². The minimum absolute atomic E-state index is 0.304. The number of hydrogen-bond donors (Lipinski definition) is 1. The fourth-order valence-electron chi connectivity index (χ4n) is 3.85. The smallest absolute Gasteiger partial charge is 0.382 e. The lowest BCUT2D eigenvalue weighted by Gasteiger charge is -2.15. The molecule has 0 aliphatic rings. The minimum Gasteiger partial charge on any atom is -0.382 e. The number of nitrogens with zero attached hydrogens (tertiary/aromatic N) is 3. The van der Waals surface area contributed by atoms with Gasteiger partial charge in [-0.05, 0) is 67.1 Å². The van der Waals surface area contributed by atoms with Gasteiger partial charge in [-0.15, -0.1) is 0 Å². The topological polar surface area (TPSA) is 98.4 Å². The van der Waals surface area contributed by atoms with Crippen LogP contribution in [0.1, 0.15) is 22.3 Å². The summed E-state index contributed by atoms with van der Waals surface area (Å²) < 4.78 is 30.1. The van der Waals surface area contributed by atoms with Gasteiger partial charge in [-0.25, -0.2) is 4.98 Å². The minimum atomic E-state index is -3.77. The first-order valence-electron chi connectivity index (χ1n) is 10.3. The van der Waals surface area contributed by atoms with E-state index in [1.807, 2.05) is 43.5 Å². The van der Waals surface area contributed by atoms with Crippen molar-refractivity contribution in [2.75, 3.05) is 19.8 Å². The Kier molecular flexibility index (Phi) is 5.75. The molecular formula is C24H26N4O3S. The Bertz CT molecular complexity index is 1430. The largest absolute Gasteiger partial charge is 0.384 e. The zero-order valence-electron chi connectivity index (χ0n) is 18.6. The Labute approximate surface area is 188 Å². The Morgan fingerprint density at radius 3 is 2.47 bits per heavy atom. The number of benzene rings is 2. The molecule has 8 heteroatoms. The van der Waals surface area contributed by atoms with Crippen LogP contribution in [0.15, 0.2) is 48.7 Å². The first-order valence-corrected chi connectivity index (χ1v) is 11.7. The van der Waals surface area contributed by atoms with Crippen LogP contribution in [-0.2, 0) is 23.1 Å². The molecule has 0 fully saturated rings. The number of fused-ring (bicyclic) bond motifs is 3. The molecule has 4 aromatic rings. The van der Waals surface area contributed by atoms with Crippen molar-refractivity contribution in [3.05, 3.63) is 70.9 Å². The van der Waals surface area contributed by atoms with Crippen molar-refractivity contribution in [1.29, 1.82) is 0 Å². The van der Waals surface area contributed by atoms with Crippen molar-refractivity contribution in [2.24, 2.45) is 0 Å². The van der Waals surface area contributed by atoms with Crippen LogP contribution in [0.25, 0.3) is 21.8 Å². The highest BCUT2D eigenvalue weighted by atomic mass is 32.2. The van der Waals surface area contributed by atoms with E-state index in [4.69, 9.17) is 9.92 Å². The molecule has 166 valence electrons. The second kappa shape index (κ2) is 8.37. The van der Waals surface area contributed by atoms with Crippen molar-refractivity contribution in [3.63, 3.8) is 0 Å². The molecular weight excluding hydrogens is 424 g/mol. The fourth-order valence-corrected chi connectivity index (χ4v) is 4.35. The maximum absolute atomic E-state index is 12.0. The van der Waals surface area contributed by atoms with E-state index in [0.717, 1.165) is 61.2 Å². The molecule has 0 saturated carbocycles. The summed E-state index contributed by atoms with van der Waals surface area (Å²) in [6.45, 7) is 4.05. The highest BCUT2D eigenvalue weighted by molar-refractivity contribution is 7.84. The third-order valence-corrected chi connectivity index (χ3v) is 7.02. The van der Waals surface area contributed by atoms with Crippen LogP contribution in [0.4, 0.5) is 5.82 Å². The first-order chi connectivity index (χ1) is 15.2. The molecule has 0 spiro atoms. The van der Waals surface area contributed by atoms with Crippen LogP contribution >= 0.6 is 0 Å². The molecule has 2 aromatic carbocycles. The number of nitrogens with two attached hydrogens (primary N) is 1. The van der Waals surface area contributed by atoms with Gasteiger partial charge < -0.3 is 9.92 Å². The summed E-state index contributed by atoms with van der Waals surface area (Å²) in [6, 6.07) is 13.3. The van der Waals surface area contributed by atoms with Gasteiger partial charge in [0.25, 0.3) is 0 Å². The molecule has 0 bridgehead atoms. The van der Waals surface area contributed by atoms with Crippen molar-refractivity contribution in [1.82, 2.24) is 14.3 Å². The van der Waals surface area contributed by atoms with E-state index in [-0.39, 0.29) is 0 Å². The van der Waals surface area contributed by atoms with E-state index in [0.29, 0.717) is 11.6 Å². The Morgan fingerprint density at radius 2 is 1.75 bits per heavy atom. The van der Waals surface area contributed by atoms with Gasteiger partial charge in [-0.2, -0.15) is 12.7 Å². The summed E-state index contributed by atoms with van der Waals surface area (Å²) in [5.74, 6) is 0.741. The Hall–Kier alpha value is -3.23. The lowest BCUT2D eigenvalue weighted by atomic mass is 9.96. The zero-order chi connectivity index (χ0) is 23.0. The van der Waals surface area contributed by atoms with Gasteiger partial charge in [0.05, 0.1) is 5.52 Å². The van der Waals surface area contributed by atoms with Gasteiger partial charge in [-0.3, -0.25) is 4.98 Å². The maximum Gasteiger partial charge on any atom is 0.384 e. The summed E-state index contributed by atoms with van der Waals surface area (Å²) in [4.78, 5) is 9.10. The van der Waals surface area contributed by atoms with Crippen LogP contribution in [-0.4, -0.2) is 36.8 Å². The number of para-hydroxylation sites is 1. The van der Waals surface area contributed by atoms with Gasteiger partial charge >= 0.3 is 10.3 Å². The van der Waals surface area contributed by atoms with Crippen LogP contribution in [0, 0.1) is 13.8 Å². The SMILES string of the molecule is Cc1cc(OS(=O)(=O)N(C)C)ccc1CCc1cnc2c(N)nc3ccccc3c2c1C. The molecule has 0 radical (unpaired) electrons. The average Bonchev–Trinajstić information content (AvgIpc) is 2.74. The van der Waals surface area contributed by atoms with Crippen LogP contribution in [0.3, 0.4) is 0 Å². The number of aromatic nitrogens is 2. The molecule has 2 aromatic heterocycles. The van der Waals surface area contributed by atoms with Crippen LogP contribution < -0.4 is 9.92 Å². The van der Waals surface area contributed by atoms with Crippen molar-refractivity contribution in [2.45, 2.75) is 26.7 Å². The van der Waals surface area contributed by atoms with Gasteiger partial charge in [0.1, 0.15) is 11.3 Å². The number of anilines is 1. The lowest BCUT2D eigenvalue weighted by Crippen LogP contribution is -2.27. The van der Waals surface area contributed by atoms with E-state index >= 15 is 0 Å². The second-order valence-electron chi connectivity index (χ2n) is 8.06. The third kappa shape index (κ3) is 4.11. The number of aryl methyl sites for hydroxylation is 4. The predicted octanol–water partition coefficient (Wildman–Crippen LogP) is 3.95. The van der Waals surface area contributed by atoms with E-state index in [2.05, 4.69) is 16.9 Å². The molecule has 0 saturated heterocycles. The molecule has 0 unspecified atom stereocenters. The first kappa shape index (κ1) is 22.0. The van der Waals surface area contributed by atoms with E-state index in [9.17, 15) is 8.42 Å². The number of nitrogen functional groups attached to an aromatic ring is 1. The molecule has 0 aliphatic heterocycles. The average molecular weight is 451 g/mol. The number of rotatable bonds is 6. The molecule has 2 heterocycles. The molecule has 7 nitrogen and oxygen atoms in total. The summed E-state index contributed by atoms with van der Waals surface area (Å²) >= 11 is 0. The molecule has 2 N–H and O–H groups in total. The van der Waals surface area contributed by atoms with E-state index in [1.54, 1.807) is 12.1 Å². The summed E-state index contributed by atoms with van der Waals surface area (Å²) in [7, 11) is -0.907. The van der Waals surface area contributed by atoms with E-state index in [1.165, 1.54) is 14.1 Å². The quantitative estimate of drug-likeness (QED) is 0.447. The molecule has 0 atom stereocenters. The van der Waals surface area contributed by atoms with Crippen LogP contribution in [0.2, 0.25) is 0 Å². The summed E-state index contributed by atoms with van der Waals surface area (Å²) in [6.07, 6.45) is 3.46. The predicted molar refractivity (Wildman–Crippen MR) is 128 cm³/mol. The van der Waals surface area contributed by atoms with Gasteiger partial charge in [0, 0.05) is 31.1 Å². The molecule has 0 aliphatic carbocycles. The maximum atomic E-state index is 12.0.